The number of anilines is 1. The Morgan fingerprint density at radius 2 is 1.51 bits per heavy atom. The van der Waals surface area contributed by atoms with E-state index in [9.17, 15) is 28.0 Å². The molecule has 0 saturated heterocycles. The van der Waals surface area contributed by atoms with Gasteiger partial charge in [-0.15, -0.1) is 0 Å². The Hall–Kier alpha value is -4.40. The summed E-state index contributed by atoms with van der Waals surface area (Å²) in [5.74, 6) is -4.53. The van der Waals surface area contributed by atoms with Crippen LogP contribution in [0, 0.1) is 11.6 Å². The molecule has 0 saturated carbocycles. The molecule has 35 heavy (non-hydrogen) atoms. The summed E-state index contributed by atoms with van der Waals surface area (Å²) >= 11 is 0. The standard InChI is InChI=1S/C26H19F2NO6/c1-3-34-18-8-6-17(7-9-18)29-24(31)19-10-4-16(12-20(19)25(29)32)26(33)35-14(2)23(30)15-5-11-21(27)22(28)13-15/h4-14H,3H2,1-2H3/t14-/m1/s1. The maximum absolute atomic E-state index is 13.4. The van der Waals surface area contributed by atoms with Crippen molar-refractivity contribution < 1.29 is 37.4 Å². The minimum Gasteiger partial charge on any atom is -0.494 e. The number of hydrogen-bond donors (Lipinski definition) is 0. The number of benzene rings is 3. The third-order valence-electron chi connectivity index (χ3n) is 5.39. The first-order chi connectivity index (χ1) is 16.7. The number of imide groups is 1. The van der Waals surface area contributed by atoms with E-state index >= 15 is 0 Å². The van der Waals surface area contributed by atoms with Crippen molar-refractivity contribution in [1.29, 1.82) is 0 Å². The Labute approximate surface area is 198 Å². The van der Waals surface area contributed by atoms with Gasteiger partial charge in [0.15, 0.2) is 17.7 Å². The second-order valence-electron chi connectivity index (χ2n) is 7.67. The molecule has 0 N–H and O–H groups in total. The van der Waals surface area contributed by atoms with E-state index < -0.39 is 41.3 Å². The predicted molar refractivity (Wildman–Crippen MR) is 121 cm³/mol. The molecule has 0 aromatic heterocycles. The van der Waals surface area contributed by atoms with Gasteiger partial charge in [0, 0.05) is 5.56 Å². The summed E-state index contributed by atoms with van der Waals surface area (Å²) in [5.41, 5.74) is 0.257. The zero-order valence-corrected chi connectivity index (χ0v) is 18.7. The first-order valence-electron chi connectivity index (χ1n) is 10.7. The number of esters is 1. The molecule has 1 aliphatic rings. The summed E-state index contributed by atoms with van der Waals surface area (Å²) in [5, 5.41) is 0. The minimum atomic E-state index is -1.31. The van der Waals surface area contributed by atoms with Crippen LogP contribution >= 0.6 is 0 Å². The van der Waals surface area contributed by atoms with Crippen molar-refractivity contribution >= 4 is 29.3 Å². The predicted octanol–water partition coefficient (Wildman–Crippen LogP) is 4.59. The molecule has 0 spiro atoms. The molecule has 178 valence electrons. The fourth-order valence-corrected chi connectivity index (χ4v) is 3.63. The van der Waals surface area contributed by atoms with Gasteiger partial charge < -0.3 is 9.47 Å². The lowest BCUT2D eigenvalue weighted by Gasteiger charge is -2.14. The van der Waals surface area contributed by atoms with Gasteiger partial charge in [-0.3, -0.25) is 14.4 Å². The maximum atomic E-state index is 13.4. The van der Waals surface area contributed by atoms with E-state index in [-0.39, 0.29) is 22.3 Å². The van der Waals surface area contributed by atoms with Crippen LogP contribution in [-0.2, 0) is 4.74 Å². The lowest BCUT2D eigenvalue weighted by Crippen LogP contribution is -2.29. The average molecular weight is 479 g/mol. The van der Waals surface area contributed by atoms with Crippen LogP contribution in [0.1, 0.15) is 55.3 Å². The molecule has 1 heterocycles. The van der Waals surface area contributed by atoms with Crippen molar-refractivity contribution in [2.75, 3.05) is 11.5 Å². The molecule has 0 aliphatic carbocycles. The molecule has 3 aromatic rings. The number of ether oxygens (including phenoxy) is 2. The normalized spacial score (nSPS) is 13.4. The molecule has 0 unspecified atom stereocenters. The third-order valence-corrected chi connectivity index (χ3v) is 5.39. The number of carbonyl (C=O) groups is 4. The number of halogens is 2. The zero-order valence-electron chi connectivity index (χ0n) is 18.7. The van der Waals surface area contributed by atoms with Gasteiger partial charge >= 0.3 is 5.97 Å². The van der Waals surface area contributed by atoms with Crippen LogP contribution in [0.5, 0.6) is 5.75 Å². The van der Waals surface area contributed by atoms with Gasteiger partial charge in [0.2, 0.25) is 5.78 Å². The number of amides is 2. The zero-order chi connectivity index (χ0) is 25.3. The van der Waals surface area contributed by atoms with Gasteiger partial charge in [-0.2, -0.15) is 0 Å². The third kappa shape index (κ3) is 4.52. The molecule has 1 atom stereocenters. The number of Topliss-reactive ketones (excluding diaryl/α,β-unsaturated/α-hetero) is 1. The molecular formula is C26H19F2NO6. The second-order valence-corrected chi connectivity index (χ2v) is 7.67. The van der Waals surface area contributed by atoms with Crippen LogP contribution in [0.15, 0.2) is 60.7 Å². The Morgan fingerprint density at radius 1 is 0.857 bits per heavy atom. The average Bonchev–Trinajstić information content (AvgIpc) is 3.10. The number of nitrogens with zero attached hydrogens (tertiary/aromatic N) is 1. The fraction of sp³-hybridized carbons (Fsp3) is 0.154. The Morgan fingerprint density at radius 3 is 2.17 bits per heavy atom. The highest BCUT2D eigenvalue weighted by Gasteiger charge is 2.37. The van der Waals surface area contributed by atoms with Crippen LogP contribution in [0.3, 0.4) is 0 Å². The van der Waals surface area contributed by atoms with E-state index in [1.807, 2.05) is 6.92 Å². The van der Waals surface area contributed by atoms with Crippen molar-refractivity contribution in [3.05, 3.63) is 94.6 Å². The van der Waals surface area contributed by atoms with Gasteiger partial charge in [0.25, 0.3) is 11.8 Å². The highest BCUT2D eigenvalue weighted by atomic mass is 19.2. The number of ketones is 1. The molecule has 4 rings (SSSR count). The van der Waals surface area contributed by atoms with Crippen molar-refractivity contribution in [1.82, 2.24) is 0 Å². The van der Waals surface area contributed by atoms with E-state index in [1.54, 1.807) is 24.3 Å². The van der Waals surface area contributed by atoms with Crippen LogP contribution in [0.25, 0.3) is 0 Å². The van der Waals surface area contributed by atoms with Crippen molar-refractivity contribution in [2.24, 2.45) is 0 Å². The van der Waals surface area contributed by atoms with E-state index in [1.165, 1.54) is 25.1 Å². The van der Waals surface area contributed by atoms with Crippen LogP contribution in [0.4, 0.5) is 14.5 Å². The fourth-order valence-electron chi connectivity index (χ4n) is 3.63. The highest BCUT2D eigenvalue weighted by molar-refractivity contribution is 6.34. The van der Waals surface area contributed by atoms with Crippen LogP contribution in [-0.4, -0.2) is 36.3 Å². The molecule has 0 fully saturated rings. The van der Waals surface area contributed by atoms with Crippen molar-refractivity contribution in [3.8, 4) is 5.75 Å². The first kappa shape index (κ1) is 23.7. The Balaban J connectivity index is 1.51. The Kier molecular flexibility index (Phi) is 6.42. The lowest BCUT2D eigenvalue weighted by atomic mass is 10.1. The summed E-state index contributed by atoms with van der Waals surface area (Å²) in [4.78, 5) is 51.9. The Bertz CT molecular complexity index is 1350. The molecule has 9 heteroatoms. The van der Waals surface area contributed by atoms with E-state index in [0.717, 1.165) is 23.1 Å². The lowest BCUT2D eigenvalue weighted by molar-refractivity contribution is 0.0318. The van der Waals surface area contributed by atoms with Gasteiger partial charge in [-0.05, 0) is 74.5 Å². The SMILES string of the molecule is CCOc1ccc(N2C(=O)c3ccc(C(=O)O[C@H](C)C(=O)c4ccc(F)c(F)c4)cc3C2=O)cc1. The van der Waals surface area contributed by atoms with Gasteiger partial charge in [-0.1, -0.05) is 0 Å². The van der Waals surface area contributed by atoms with E-state index in [2.05, 4.69) is 0 Å². The summed E-state index contributed by atoms with van der Waals surface area (Å²) in [6.07, 6.45) is -1.31. The largest absolute Gasteiger partial charge is 0.494 e. The molecular weight excluding hydrogens is 460 g/mol. The highest BCUT2D eigenvalue weighted by Crippen LogP contribution is 2.30. The molecule has 7 nitrogen and oxygen atoms in total. The summed E-state index contributed by atoms with van der Waals surface area (Å²) in [6, 6.07) is 12.9. The van der Waals surface area contributed by atoms with Gasteiger partial charge in [-0.25, -0.2) is 18.5 Å². The first-order valence-corrected chi connectivity index (χ1v) is 10.7. The molecule has 1 aliphatic heterocycles. The maximum Gasteiger partial charge on any atom is 0.338 e. The topological polar surface area (TPSA) is 90.0 Å². The van der Waals surface area contributed by atoms with E-state index in [0.29, 0.717) is 18.0 Å². The molecule has 3 aromatic carbocycles. The number of carbonyl (C=O) groups excluding carboxylic acids is 4. The minimum absolute atomic E-state index is 0.0120. The molecule has 0 radical (unpaired) electrons. The van der Waals surface area contributed by atoms with Crippen LogP contribution < -0.4 is 9.64 Å². The quantitative estimate of drug-likeness (QED) is 0.280. The van der Waals surface area contributed by atoms with Crippen LogP contribution in [0.2, 0.25) is 0 Å². The van der Waals surface area contributed by atoms with Crippen molar-refractivity contribution in [3.63, 3.8) is 0 Å². The summed E-state index contributed by atoms with van der Waals surface area (Å²) in [7, 11) is 0. The number of fused-ring (bicyclic) bond motifs is 1. The molecule has 2 amide bonds. The summed E-state index contributed by atoms with van der Waals surface area (Å²) < 4.78 is 37.1. The monoisotopic (exact) mass is 479 g/mol. The van der Waals surface area contributed by atoms with Crippen molar-refractivity contribution in [2.45, 2.75) is 20.0 Å². The van der Waals surface area contributed by atoms with E-state index in [4.69, 9.17) is 9.47 Å². The second kappa shape index (κ2) is 9.46. The van der Waals surface area contributed by atoms with Gasteiger partial charge in [0.1, 0.15) is 5.75 Å². The van der Waals surface area contributed by atoms with Gasteiger partial charge in [0.05, 0.1) is 29.0 Å². The number of rotatable bonds is 7. The molecule has 0 bridgehead atoms. The summed E-state index contributed by atoms with van der Waals surface area (Å²) in [6.45, 7) is 3.59. The smallest absolute Gasteiger partial charge is 0.338 e. The number of hydrogen-bond acceptors (Lipinski definition) is 6.